The van der Waals surface area contributed by atoms with Gasteiger partial charge in [0.05, 0.1) is 16.9 Å². The summed E-state index contributed by atoms with van der Waals surface area (Å²) in [4.78, 5) is 24.7. The van der Waals surface area contributed by atoms with Gasteiger partial charge in [0.1, 0.15) is 0 Å². The van der Waals surface area contributed by atoms with Gasteiger partial charge in [0, 0.05) is 31.6 Å². The summed E-state index contributed by atoms with van der Waals surface area (Å²) in [7, 11) is 1.91. The van der Waals surface area contributed by atoms with Crippen molar-refractivity contribution in [2.24, 2.45) is 7.05 Å². The van der Waals surface area contributed by atoms with Crippen molar-refractivity contribution in [3.63, 3.8) is 0 Å². The van der Waals surface area contributed by atoms with E-state index in [0.29, 0.717) is 18.7 Å². The first kappa shape index (κ1) is 11.6. The molecule has 3 N–H and O–H groups in total. The molecule has 0 atom stereocenters. The molecule has 0 unspecified atom stereocenters. The Hall–Kier alpha value is -2.50. The summed E-state index contributed by atoms with van der Waals surface area (Å²) < 4.78 is 1.92. The van der Waals surface area contributed by atoms with Crippen LogP contribution in [-0.2, 0) is 11.8 Å². The molecule has 1 aromatic heterocycles. The monoisotopic (exact) mass is 258 g/mol. The molecule has 2 aromatic rings. The Bertz CT molecular complexity index is 689. The lowest BCUT2D eigenvalue weighted by atomic mass is 10.1. The van der Waals surface area contributed by atoms with E-state index >= 15 is 0 Å². The van der Waals surface area contributed by atoms with Crippen molar-refractivity contribution in [2.45, 2.75) is 6.42 Å². The molecule has 0 bridgehead atoms. The SMILES string of the molecule is Cn1ccc2c(N3CCC(=O)NC3=O)ccc(N)c21. The Morgan fingerprint density at radius 2 is 2.05 bits per heavy atom. The fraction of sp³-hybridized carbons (Fsp3) is 0.231. The highest BCUT2D eigenvalue weighted by molar-refractivity contribution is 6.11. The summed E-state index contributed by atoms with van der Waals surface area (Å²) in [6.07, 6.45) is 2.21. The van der Waals surface area contributed by atoms with Crippen molar-refractivity contribution in [1.29, 1.82) is 0 Å². The molecule has 0 saturated carbocycles. The zero-order valence-electron chi connectivity index (χ0n) is 10.5. The molecule has 3 rings (SSSR count). The number of benzene rings is 1. The smallest absolute Gasteiger partial charge is 0.328 e. The number of nitrogens with zero attached hydrogens (tertiary/aromatic N) is 2. The number of aromatic nitrogens is 1. The molecule has 3 amide bonds. The highest BCUT2D eigenvalue weighted by Crippen LogP contribution is 2.32. The zero-order valence-corrected chi connectivity index (χ0v) is 10.5. The number of rotatable bonds is 1. The molecule has 98 valence electrons. The van der Waals surface area contributed by atoms with E-state index in [9.17, 15) is 9.59 Å². The molecule has 2 heterocycles. The maximum Gasteiger partial charge on any atom is 0.328 e. The number of nitrogens with two attached hydrogens (primary N) is 1. The van der Waals surface area contributed by atoms with Crippen LogP contribution in [0.5, 0.6) is 0 Å². The first-order valence-corrected chi connectivity index (χ1v) is 6.03. The predicted octanol–water partition coefficient (Wildman–Crippen LogP) is 1.21. The Balaban J connectivity index is 2.13. The molecule has 0 aliphatic carbocycles. The van der Waals surface area contributed by atoms with Gasteiger partial charge < -0.3 is 10.3 Å². The van der Waals surface area contributed by atoms with E-state index in [1.165, 1.54) is 0 Å². The van der Waals surface area contributed by atoms with Gasteiger partial charge in [-0.15, -0.1) is 0 Å². The van der Waals surface area contributed by atoms with Gasteiger partial charge in [-0.3, -0.25) is 15.0 Å². The summed E-state index contributed by atoms with van der Waals surface area (Å²) in [5.74, 6) is -0.235. The standard InChI is InChI=1S/C13H14N4O2/c1-16-6-4-8-10(3-2-9(14)12(8)16)17-7-5-11(18)15-13(17)19/h2-4,6H,5,7,14H2,1H3,(H,15,18,19). The fourth-order valence-corrected chi connectivity index (χ4v) is 2.46. The number of amides is 3. The largest absolute Gasteiger partial charge is 0.397 e. The summed E-state index contributed by atoms with van der Waals surface area (Å²) in [5, 5.41) is 3.23. The van der Waals surface area contributed by atoms with Crippen LogP contribution in [0.1, 0.15) is 6.42 Å². The fourth-order valence-electron chi connectivity index (χ4n) is 2.46. The lowest BCUT2D eigenvalue weighted by Gasteiger charge is -2.27. The third-order valence-electron chi connectivity index (χ3n) is 3.39. The van der Waals surface area contributed by atoms with E-state index < -0.39 is 0 Å². The molecule has 6 nitrogen and oxygen atoms in total. The van der Waals surface area contributed by atoms with E-state index in [1.54, 1.807) is 11.0 Å². The number of carbonyl (C=O) groups is 2. The number of fused-ring (bicyclic) bond motifs is 1. The van der Waals surface area contributed by atoms with Crippen LogP contribution in [0.4, 0.5) is 16.2 Å². The van der Waals surface area contributed by atoms with Crippen LogP contribution in [0.3, 0.4) is 0 Å². The molecule has 1 aliphatic heterocycles. The number of aryl methyl sites for hydroxylation is 1. The molecule has 6 heteroatoms. The third-order valence-corrected chi connectivity index (χ3v) is 3.39. The number of anilines is 2. The van der Waals surface area contributed by atoms with E-state index in [0.717, 1.165) is 16.6 Å². The summed E-state index contributed by atoms with van der Waals surface area (Å²) in [6.45, 7) is 0.387. The van der Waals surface area contributed by atoms with E-state index in [4.69, 9.17) is 5.73 Å². The molecular weight excluding hydrogens is 244 g/mol. The minimum absolute atomic E-state index is 0.235. The van der Waals surface area contributed by atoms with Gasteiger partial charge in [0.2, 0.25) is 5.91 Å². The second-order valence-electron chi connectivity index (χ2n) is 4.62. The molecule has 1 fully saturated rings. The van der Waals surface area contributed by atoms with E-state index in [-0.39, 0.29) is 11.9 Å². The summed E-state index contributed by atoms with van der Waals surface area (Å²) in [6, 6.07) is 5.13. The first-order valence-electron chi connectivity index (χ1n) is 6.03. The first-order chi connectivity index (χ1) is 9.08. The van der Waals surface area contributed by atoms with Gasteiger partial charge in [0.25, 0.3) is 0 Å². The minimum atomic E-state index is -0.383. The molecular formula is C13H14N4O2. The average Bonchev–Trinajstić information content (AvgIpc) is 2.74. The second kappa shape index (κ2) is 4.01. The average molecular weight is 258 g/mol. The molecule has 0 spiro atoms. The minimum Gasteiger partial charge on any atom is -0.397 e. The highest BCUT2D eigenvalue weighted by atomic mass is 16.2. The van der Waals surface area contributed by atoms with Crippen LogP contribution in [-0.4, -0.2) is 23.1 Å². The van der Waals surface area contributed by atoms with E-state index in [2.05, 4.69) is 5.32 Å². The Labute approximate surface area is 109 Å². The van der Waals surface area contributed by atoms with Gasteiger partial charge in [-0.25, -0.2) is 4.79 Å². The van der Waals surface area contributed by atoms with Crippen molar-refractivity contribution in [3.8, 4) is 0 Å². The Kier molecular flexibility index (Phi) is 2.45. The van der Waals surface area contributed by atoms with Crippen molar-refractivity contribution in [2.75, 3.05) is 17.2 Å². The maximum absolute atomic E-state index is 11.9. The topological polar surface area (TPSA) is 80.4 Å². The van der Waals surface area contributed by atoms with Crippen LogP contribution in [0.25, 0.3) is 10.9 Å². The molecule has 19 heavy (non-hydrogen) atoms. The highest BCUT2D eigenvalue weighted by Gasteiger charge is 2.26. The number of urea groups is 1. The number of hydrogen-bond acceptors (Lipinski definition) is 3. The number of imide groups is 1. The lowest BCUT2D eigenvalue weighted by Crippen LogP contribution is -2.49. The summed E-state index contributed by atoms with van der Waals surface area (Å²) >= 11 is 0. The third kappa shape index (κ3) is 1.72. The number of nitrogens with one attached hydrogen (secondary N) is 1. The Morgan fingerprint density at radius 1 is 1.26 bits per heavy atom. The second-order valence-corrected chi connectivity index (χ2v) is 4.62. The normalized spacial score (nSPS) is 15.9. The van der Waals surface area contributed by atoms with Crippen LogP contribution < -0.4 is 16.0 Å². The predicted molar refractivity (Wildman–Crippen MR) is 72.8 cm³/mol. The Morgan fingerprint density at radius 3 is 2.79 bits per heavy atom. The van der Waals surface area contributed by atoms with Crippen LogP contribution >= 0.6 is 0 Å². The number of nitrogen functional groups attached to an aromatic ring is 1. The van der Waals surface area contributed by atoms with E-state index in [1.807, 2.05) is 29.9 Å². The molecule has 1 aliphatic rings. The van der Waals surface area contributed by atoms with Crippen LogP contribution in [0, 0.1) is 0 Å². The van der Waals surface area contributed by atoms with Gasteiger partial charge in [-0.2, -0.15) is 0 Å². The molecule has 0 radical (unpaired) electrons. The number of hydrogen-bond donors (Lipinski definition) is 2. The van der Waals surface area contributed by atoms with Crippen LogP contribution in [0.2, 0.25) is 0 Å². The van der Waals surface area contributed by atoms with Crippen molar-refractivity contribution < 1.29 is 9.59 Å². The van der Waals surface area contributed by atoms with Gasteiger partial charge >= 0.3 is 6.03 Å². The molecule has 1 saturated heterocycles. The summed E-state index contributed by atoms with van der Waals surface area (Å²) in [5.41, 5.74) is 8.29. The van der Waals surface area contributed by atoms with Crippen molar-refractivity contribution >= 4 is 34.2 Å². The van der Waals surface area contributed by atoms with Crippen molar-refractivity contribution in [3.05, 3.63) is 24.4 Å². The zero-order chi connectivity index (χ0) is 13.6. The maximum atomic E-state index is 11.9. The lowest BCUT2D eigenvalue weighted by molar-refractivity contribution is -0.120. The molecule has 1 aromatic carbocycles. The number of carbonyl (C=O) groups excluding carboxylic acids is 2. The van der Waals surface area contributed by atoms with Crippen LogP contribution in [0.15, 0.2) is 24.4 Å². The van der Waals surface area contributed by atoms with Gasteiger partial charge in [0.15, 0.2) is 0 Å². The van der Waals surface area contributed by atoms with Gasteiger partial charge in [-0.05, 0) is 18.2 Å². The quantitative estimate of drug-likeness (QED) is 0.754. The van der Waals surface area contributed by atoms with Crippen molar-refractivity contribution in [1.82, 2.24) is 9.88 Å². The van der Waals surface area contributed by atoms with Gasteiger partial charge in [-0.1, -0.05) is 0 Å².